The van der Waals surface area contributed by atoms with Crippen molar-refractivity contribution in [1.29, 1.82) is 0 Å². The maximum absolute atomic E-state index is 12.7. The Morgan fingerprint density at radius 2 is 1.81 bits per heavy atom. The summed E-state index contributed by atoms with van der Waals surface area (Å²) >= 11 is 1.49. The highest BCUT2D eigenvalue weighted by Crippen LogP contribution is 2.33. The second-order valence-electron chi connectivity index (χ2n) is 7.23. The molecule has 7 nitrogen and oxygen atoms in total. The van der Waals surface area contributed by atoms with Gasteiger partial charge >= 0.3 is 0 Å². The van der Waals surface area contributed by atoms with Crippen LogP contribution in [-0.2, 0) is 11.2 Å². The summed E-state index contributed by atoms with van der Waals surface area (Å²) in [4.78, 5) is 17.4. The van der Waals surface area contributed by atoms with Crippen molar-refractivity contribution in [3.8, 4) is 27.8 Å². The molecule has 8 heteroatoms. The lowest BCUT2D eigenvalue weighted by atomic mass is 10.2. The summed E-state index contributed by atoms with van der Waals surface area (Å²) in [6.07, 6.45) is 0.180. The highest BCUT2D eigenvalue weighted by Gasteiger charge is 2.17. The number of aryl methyl sites for hydroxylation is 1. The molecule has 0 radical (unpaired) electrons. The van der Waals surface area contributed by atoms with Crippen molar-refractivity contribution < 1.29 is 14.3 Å². The van der Waals surface area contributed by atoms with E-state index in [1.165, 1.54) is 11.3 Å². The Kier molecular flexibility index (Phi) is 6.23. The molecule has 4 aromatic rings. The lowest BCUT2D eigenvalue weighted by molar-refractivity contribution is -0.115. The smallest absolute Gasteiger partial charge is 0.230 e. The molecule has 2 aromatic heterocycles. The first kappa shape index (κ1) is 21.6. The van der Waals surface area contributed by atoms with Crippen molar-refractivity contribution in [3.05, 3.63) is 71.0 Å². The van der Waals surface area contributed by atoms with Gasteiger partial charge in [0, 0.05) is 10.9 Å². The van der Waals surface area contributed by atoms with Crippen LogP contribution in [0, 0.1) is 13.8 Å². The van der Waals surface area contributed by atoms with E-state index < -0.39 is 0 Å². The van der Waals surface area contributed by atoms with E-state index in [0.717, 1.165) is 33.3 Å². The molecule has 0 aliphatic carbocycles. The Labute approximate surface area is 190 Å². The van der Waals surface area contributed by atoms with Crippen LogP contribution in [0.4, 0.5) is 5.69 Å². The molecular formula is C24H24N4O3S. The third kappa shape index (κ3) is 4.36. The summed E-state index contributed by atoms with van der Waals surface area (Å²) in [5, 5.41) is 10.3. The van der Waals surface area contributed by atoms with Crippen molar-refractivity contribution in [1.82, 2.24) is 14.8 Å². The van der Waals surface area contributed by atoms with Crippen molar-refractivity contribution >= 4 is 22.9 Å². The first-order chi connectivity index (χ1) is 15.5. The fourth-order valence-electron chi connectivity index (χ4n) is 3.48. The molecule has 0 spiro atoms. The summed E-state index contributed by atoms with van der Waals surface area (Å²) in [6.45, 7) is 3.83. The topological polar surface area (TPSA) is 78.3 Å². The molecule has 0 atom stereocenters. The van der Waals surface area contributed by atoms with Crippen LogP contribution in [0.15, 0.2) is 53.9 Å². The molecule has 164 valence electrons. The minimum Gasteiger partial charge on any atom is -0.493 e. The Bertz CT molecular complexity index is 1250. The second kappa shape index (κ2) is 9.23. The molecule has 1 amide bonds. The second-order valence-corrected chi connectivity index (χ2v) is 8.09. The Morgan fingerprint density at radius 3 is 2.53 bits per heavy atom. The number of thiazole rings is 1. The minimum atomic E-state index is -0.132. The third-order valence-corrected chi connectivity index (χ3v) is 6.02. The zero-order valence-electron chi connectivity index (χ0n) is 18.4. The van der Waals surface area contributed by atoms with Gasteiger partial charge in [-0.05, 0) is 44.2 Å². The molecule has 0 unspecified atom stereocenters. The minimum absolute atomic E-state index is 0.132. The van der Waals surface area contributed by atoms with Gasteiger partial charge in [0.15, 0.2) is 11.5 Å². The number of aromatic nitrogens is 3. The zero-order chi connectivity index (χ0) is 22.7. The quantitative estimate of drug-likeness (QED) is 0.439. The fourth-order valence-corrected chi connectivity index (χ4v) is 4.30. The van der Waals surface area contributed by atoms with Crippen molar-refractivity contribution in [2.24, 2.45) is 0 Å². The molecule has 2 heterocycles. The van der Waals surface area contributed by atoms with Crippen molar-refractivity contribution in [2.75, 3.05) is 19.5 Å². The third-order valence-electron chi connectivity index (χ3n) is 5.08. The van der Waals surface area contributed by atoms with Crippen LogP contribution in [-0.4, -0.2) is 34.9 Å². The Balaban J connectivity index is 1.48. The van der Waals surface area contributed by atoms with E-state index in [9.17, 15) is 4.79 Å². The van der Waals surface area contributed by atoms with E-state index in [0.29, 0.717) is 17.2 Å². The van der Waals surface area contributed by atoms with Crippen LogP contribution in [0.2, 0.25) is 0 Å². The summed E-state index contributed by atoms with van der Waals surface area (Å²) in [7, 11) is 3.20. The number of nitrogens with one attached hydrogen (secondary N) is 1. The standard InChI is InChI=1S/C24H24N4O3S/c1-15-23(16(2)28(27-15)19-8-6-5-7-9-19)26-22(29)13-18-14-32-24(25-18)17-10-11-20(30-3)21(12-17)31-4/h5-12,14H,13H2,1-4H3,(H,26,29). The molecule has 2 aromatic carbocycles. The van der Waals surface area contributed by atoms with Crippen molar-refractivity contribution in [2.45, 2.75) is 20.3 Å². The van der Waals surface area contributed by atoms with Crippen LogP contribution in [0.3, 0.4) is 0 Å². The summed E-state index contributed by atoms with van der Waals surface area (Å²) in [6, 6.07) is 15.5. The molecule has 0 saturated heterocycles. The maximum atomic E-state index is 12.7. The first-order valence-electron chi connectivity index (χ1n) is 10.1. The predicted octanol–water partition coefficient (Wildman–Crippen LogP) is 4.81. The molecule has 4 rings (SSSR count). The van der Waals surface area contributed by atoms with Gasteiger partial charge in [-0.1, -0.05) is 18.2 Å². The number of ether oxygens (including phenoxy) is 2. The van der Waals surface area contributed by atoms with Crippen LogP contribution >= 0.6 is 11.3 Å². The lowest BCUT2D eigenvalue weighted by Gasteiger charge is -2.08. The van der Waals surface area contributed by atoms with Crippen LogP contribution in [0.25, 0.3) is 16.3 Å². The van der Waals surface area contributed by atoms with E-state index in [2.05, 4.69) is 15.4 Å². The summed E-state index contributed by atoms with van der Waals surface area (Å²) in [5.41, 5.74) is 4.95. The summed E-state index contributed by atoms with van der Waals surface area (Å²) < 4.78 is 12.5. The molecule has 0 fully saturated rings. The summed E-state index contributed by atoms with van der Waals surface area (Å²) in [5.74, 6) is 1.17. The normalized spacial score (nSPS) is 10.8. The molecule has 0 bridgehead atoms. The Hall–Kier alpha value is -3.65. The van der Waals surface area contributed by atoms with Crippen LogP contribution < -0.4 is 14.8 Å². The number of benzene rings is 2. The van der Waals surface area contributed by atoms with Gasteiger partial charge in [0.05, 0.1) is 49.1 Å². The van der Waals surface area contributed by atoms with Gasteiger partial charge < -0.3 is 14.8 Å². The lowest BCUT2D eigenvalue weighted by Crippen LogP contribution is -2.15. The van der Waals surface area contributed by atoms with Crippen molar-refractivity contribution in [3.63, 3.8) is 0 Å². The number of nitrogens with zero attached hydrogens (tertiary/aromatic N) is 3. The van der Waals surface area contributed by atoms with Gasteiger partial charge in [0.1, 0.15) is 5.01 Å². The van der Waals surface area contributed by atoms with E-state index >= 15 is 0 Å². The number of anilines is 1. The van der Waals surface area contributed by atoms with Gasteiger partial charge in [-0.25, -0.2) is 9.67 Å². The van der Waals surface area contributed by atoms with E-state index in [4.69, 9.17) is 9.47 Å². The van der Waals surface area contributed by atoms with Crippen LogP contribution in [0.1, 0.15) is 17.1 Å². The highest BCUT2D eigenvalue weighted by molar-refractivity contribution is 7.13. The first-order valence-corrected chi connectivity index (χ1v) is 11.0. The average Bonchev–Trinajstić information content (AvgIpc) is 3.39. The number of hydrogen-bond acceptors (Lipinski definition) is 6. The van der Waals surface area contributed by atoms with Gasteiger partial charge in [0.2, 0.25) is 5.91 Å². The molecule has 1 N–H and O–H groups in total. The zero-order valence-corrected chi connectivity index (χ0v) is 19.2. The predicted molar refractivity (Wildman–Crippen MR) is 126 cm³/mol. The number of carbonyl (C=O) groups excluding carboxylic acids is 1. The van der Waals surface area contributed by atoms with E-state index in [-0.39, 0.29) is 12.3 Å². The maximum Gasteiger partial charge on any atom is 0.230 e. The molecule has 0 aliphatic heterocycles. The number of hydrogen-bond donors (Lipinski definition) is 1. The average molecular weight is 449 g/mol. The Morgan fingerprint density at radius 1 is 1.06 bits per heavy atom. The molecule has 0 aliphatic rings. The van der Waals surface area contributed by atoms with Gasteiger partial charge in [-0.3, -0.25) is 4.79 Å². The van der Waals surface area contributed by atoms with Gasteiger partial charge in [-0.2, -0.15) is 5.10 Å². The monoisotopic (exact) mass is 448 g/mol. The van der Waals surface area contributed by atoms with E-state index in [1.807, 2.05) is 72.4 Å². The number of rotatable bonds is 7. The highest BCUT2D eigenvalue weighted by atomic mass is 32.1. The van der Waals surface area contributed by atoms with Gasteiger partial charge in [0.25, 0.3) is 0 Å². The largest absolute Gasteiger partial charge is 0.493 e. The molecular weight excluding hydrogens is 424 g/mol. The molecule has 0 saturated carbocycles. The van der Waals surface area contributed by atoms with Gasteiger partial charge in [-0.15, -0.1) is 11.3 Å². The number of para-hydroxylation sites is 1. The fraction of sp³-hybridized carbons (Fsp3) is 0.208. The van der Waals surface area contributed by atoms with E-state index in [1.54, 1.807) is 14.2 Å². The molecule has 32 heavy (non-hydrogen) atoms. The SMILES string of the molecule is COc1ccc(-c2nc(CC(=O)Nc3c(C)nn(-c4ccccc4)c3C)cs2)cc1OC. The number of carbonyl (C=O) groups is 1. The van der Waals surface area contributed by atoms with Crippen LogP contribution in [0.5, 0.6) is 11.5 Å². The number of methoxy groups -OCH3 is 2. The number of amides is 1.